The van der Waals surface area contributed by atoms with Crippen molar-refractivity contribution in [1.82, 2.24) is 4.98 Å². The van der Waals surface area contributed by atoms with Crippen molar-refractivity contribution in [2.45, 2.75) is 4.90 Å². The van der Waals surface area contributed by atoms with Crippen molar-refractivity contribution < 1.29 is 17.9 Å². The number of carbonyl (C=O) groups is 1. The van der Waals surface area contributed by atoms with Crippen LogP contribution in [0.15, 0.2) is 53.6 Å². The van der Waals surface area contributed by atoms with E-state index in [-0.39, 0.29) is 23.2 Å². The molecule has 0 atom stereocenters. The molecule has 1 amide bonds. The van der Waals surface area contributed by atoms with Crippen LogP contribution < -0.4 is 5.32 Å². The number of amides is 1. The molecule has 0 unspecified atom stereocenters. The zero-order valence-electron chi connectivity index (χ0n) is 12.0. The molecule has 7 heteroatoms. The fourth-order valence-corrected chi connectivity index (χ4v) is 2.92. The van der Waals surface area contributed by atoms with E-state index in [2.05, 4.69) is 10.3 Å². The largest absolute Gasteiger partial charge is 0.384 e. The molecule has 0 fully saturated rings. The molecule has 116 valence electrons. The van der Waals surface area contributed by atoms with Gasteiger partial charge in [0.15, 0.2) is 9.84 Å². The fraction of sp³-hybridized carbons (Fsp3) is 0.200. The van der Waals surface area contributed by atoms with Crippen molar-refractivity contribution in [1.29, 1.82) is 0 Å². The lowest BCUT2D eigenvalue weighted by atomic mass is 10.2. The van der Waals surface area contributed by atoms with E-state index in [0.29, 0.717) is 11.4 Å². The number of nitrogens with zero attached hydrogens (tertiary/aromatic N) is 1. The normalized spacial score (nSPS) is 11.1. The Balaban J connectivity index is 2.10. The maximum Gasteiger partial charge on any atom is 0.256 e. The molecule has 0 bridgehead atoms. The van der Waals surface area contributed by atoms with Crippen molar-refractivity contribution in [2.75, 3.05) is 24.8 Å². The highest BCUT2D eigenvalue weighted by atomic mass is 32.2. The molecule has 1 N–H and O–H groups in total. The predicted molar refractivity (Wildman–Crippen MR) is 82.6 cm³/mol. The lowest BCUT2D eigenvalue weighted by molar-refractivity contribution is 0.102. The molecule has 2 rings (SSSR count). The summed E-state index contributed by atoms with van der Waals surface area (Å²) in [6.07, 6.45) is 1.57. The van der Waals surface area contributed by atoms with Gasteiger partial charge in [0.2, 0.25) is 0 Å². The number of pyridine rings is 1. The number of benzene rings is 1. The van der Waals surface area contributed by atoms with E-state index < -0.39 is 9.84 Å². The van der Waals surface area contributed by atoms with Crippen LogP contribution >= 0.6 is 0 Å². The first-order chi connectivity index (χ1) is 10.5. The fourth-order valence-electron chi connectivity index (χ4n) is 1.75. The molecule has 1 aromatic carbocycles. The van der Waals surface area contributed by atoms with Gasteiger partial charge in [-0.25, -0.2) is 13.4 Å². The maximum absolute atomic E-state index is 12.0. The number of ether oxygens (including phenoxy) is 1. The van der Waals surface area contributed by atoms with E-state index in [1.165, 1.54) is 31.4 Å². The molecule has 0 saturated heterocycles. The van der Waals surface area contributed by atoms with Crippen LogP contribution in [0.1, 0.15) is 10.4 Å². The Morgan fingerprint density at radius 3 is 2.50 bits per heavy atom. The second kappa shape index (κ2) is 7.15. The third kappa shape index (κ3) is 4.12. The van der Waals surface area contributed by atoms with E-state index >= 15 is 0 Å². The minimum Gasteiger partial charge on any atom is -0.384 e. The van der Waals surface area contributed by atoms with Crippen LogP contribution in [0.3, 0.4) is 0 Å². The summed E-state index contributed by atoms with van der Waals surface area (Å²) in [7, 11) is -1.95. The molecule has 6 nitrogen and oxygen atoms in total. The number of rotatable bonds is 6. The number of aromatic nitrogens is 1. The molecular formula is C15H16N2O4S. The maximum atomic E-state index is 12.0. The molecule has 2 aromatic rings. The second-order valence-corrected chi connectivity index (χ2v) is 6.61. The summed E-state index contributed by atoms with van der Waals surface area (Å²) >= 11 is 0. The predicted octanol–water partition coefficient (Wildman–Crippen LogP) is 1.75. The molecule has 1 heterocycles. The van der Waals surface area contributed by atoms with Crippen molar-refractivity contribution in [3.63, 3.8) is 0 Å². The molecule has 0 spiro atoms. The van der Waals surface area contributed by atoms with Crippen LogP contribution in [-0.2, 0) is 14.6 Å². The Morgan fingerprint density at radius 1 is 1.18 bits per heavy atom. The number of sulfone groups is 1. The minimum absolute atomic E-state index is 0.0943. The van der Waals surface area contributed by atoms with E-state index in [9.17, 15) is 13.2 Å². The van der Waals surface area contributed by atoms with Gasteiger partial charge in [0.05, 0.1) is 17.3 Å². The van der Waals surface area contributed by atoms with E-state index in [1.54, 1.807) is 24.4 Å². The van der Waals surface area contributed by atoms with Crippen molar-refractivity contribution in [2.24, 2.45) is 0 Å². The number of hydrogen-bond acceptors (Lipinski definition) is 5. The summed E-state index contributed by atoms with van der Waals surface area (Å²) in [4.78, 5) is 16.2. The summed E-state index contributed by atoms with van der Waals surface area (Å²) in [5.41, 5.74) is 0.358. The van der Waals surface area contributed by atoms with Gasteiger partial charge in [-0.05, 0) is 36.4 Å². The van der Waals surface area contributed by atoms with Gasteiger partial charge in [-0.15, -0.1) is 0 Å². The Morgan fingerprint density at radius 2 is 1.91 bits per heavy atom. The van der Waals surface area contributed by atoms with Crippen LogP contribution in [0, 0.1) is 0 Å². The molecule has 0 saturated carbocycles. The first-order valence-corrected chi connectivity index (χ1v) is 8.22. The molecule has 1 aromatic heterocycles. The molecular weight excluding hydrogens is 304 g/mol. The van der Waals surface area contributed by atoms with Gasteiger partial charge in [0, 0.05) is 18.9 Å². The van der Waals surface area contributed by atoms with Crippen LogP contribution in [-0.4, -0.2) is 38.8 Å². The van der Waals surface area contributed by atoms with Crippen LogP contribution in [0.4, 0.5) is 5.82 Å². The third-order valence-electron chi connectivity index (χ3n) is 2.94. The third-order valence-corrected chi connectivity index (χ3v) is 4.63. The molecule has 0 aliphatic rings. The average molecular weight is 320 g/mol. The number of anilines is 1. The highest BCUT2D eigenvalue weighted by molar-refractivity contribution is 7.91. The van der Waals surface area contributed by atoms with E-state index in [1.807, 2.05) is 0 Å². The summed E-state index contributed by atoms with van der Waals surface area (Å²) in [5.74, 6) is -0.00739. The number of nitrogens with one attached hydrogen (secondary N) is 1. The summed E-state index contributed by atoms with van der Waals surface area (Å²) in [6, 6.07) is 10.9. The lowest BCUT2D eigenvalue weighted by Crippen LogP contribution is -2.14. The lowest BCUT2D eigenvalue weighted by Gasteiger charge is -2.06. The Bertz CT molecular complexity index is 728. The molecule has 0 aliphatic carbocycles. The van der Waals surface area contributed by atoms with Crippen LogP contribution in [0.2, 0.25) is 0 Å². The highest BCUT2D eigenvalue weighted by Gasteiger charge is 2.15. The van der Waals surface area contributed by atoms with Gasteiger partial charge in [-0.1, -0.05) is 6.07 Å². The zero-order chi connectivity index (χ0) is 16.0. The summed E-state index contributed by atoms with van der Waals surface area (Å²) < 4.78 is 28.7. The first kappa shape index (κ1) is 16.1. The van der Waals surface area contributed by atoms with Crippen LogP contribution in [0.5, 0.6) is 0 Å². The van der Waals surface area contributed by atoms with Crippen molar-refractivity contribution in [3.05, 3.63) is 54.2 Å². The van der Waals surface area contributed by atoms with Crippen molar-refractivity contribution >= 4 is 21.6 Å². The standard InChI is InChI=1S/C15H16N2O4S/c1-21-10-11-22(19,20)13-7-5-12(6-8-13)15(18)17-14-4-2-3-9-16-14/h2-9H,10-11H2,1H3,(H,16,17,18). The number of methoxy groups -OCH3 is 1. The van der Waals surface area contributed by atoms with Crippen LogP contribution in [0.25, 0.3) is 0 Å². The molecule has 0 aliphatic heterocycles. The summed E-state index contributed by atoms with van der Waals surface area (Å²) in [6.45, 7) is 0.129. The van der Waals surface area contributed by atoms with E-state index in [0.717, 1.165) is 0 Å². The molecule has 0 radical (unpaired) electrons. The first-order valence-electron chi connectivity index (χ1n) is 6.57. The summed E-state index contributed by atoms with van der Waals surface area (Å²) in [5, 5.41) is 2.63. The van der Waals surface area contributed by atoms with Gasteiger partial charge in [-0.2, -0.15) is 0 Å². The van der Waals surface area contributed by atoms with E-state index in [4.69, 9.17) is 4.74 Å². The Kier molecular flexibility index (Phi) is 5.24. The van der Waals surface area contributed by atoms with Crippen molar-refractivity contribution in [3.8, 4) is 0 Å². The van der Waals surface area contributed by atoms with Gasteiger partial charge in [0.1, 0.15) is 5.82 Å². The minimum atomic E-state index is -3.39. The number of hydrogen-bond donors (Lipinski definition) is 1. The zero-order valence-corrected chi connectivity index (χ0v) is 12.8. The Labute approximate surface area is 129 Å². The molecule has 22 heavy (non-hydrogen) atoms. The van der Waals surface area contributed by atoms with Gasteiger partial charge < -0.3 is 10.1 Å². The topological polar surface area (TPSA) is 85.4 Å². The second-order valence-electron chi connectivity index (χ2n) is 4.51. The van der Waals surface area contributed by atoms with Gasteiger partial charge in [0.25, 0.3) is 5.91 Å². The quantitative estimate of drug-likeness (QED) is 0.876. The monoisotopic (exact) mass is 320 g/mol. The highest BCUT2D eigenvalue weighted by Crippen LogP contribution is 2.13. The van der Waals surface area contributed by atoms with Gasteiger partial charge >= 0.3 is 0 Å². The number of carbonyl (C=O) groups excluding carboxylic acids is 1. The Hall–Kier alpha value is -2.25. The smallest absolute Gasteiger partial charge is 0.256 e. The SMILES string of the molecule is COCCS(=O)(=O)c1ccc(C(=O)Nc2ccccn2)cc1. The van der Waals surface area contributed by atoms with Gasteiger partial charge in [-0.3, -0.25) is 4.79 Å². The average Bonchev–Trinajstić information content (AvgIpc) is 2.54.